The highest BCUT2D eigenvalue weighted by molar-refractivity contribution is 6.30. The number of rotatable bonds is 3. The third-order valence-corrected chi connectivity index (χ3v) is 1.65. The van der Waals surface area contributed by atoms with Gasteiger partial charge in [-0.3, -0.25) is 0 Å². The Bertz CT molecular complexity index is 350. The van der Waals surface area contributed by atoms with Crippen molar-refractivity contribution in [1.29, 1.82) is 0 Å². The lowest BCUT2D eigenvalue weighted by Crippen LogP contribution is -1.93. The predicted molar refractivity (Wildman–Crippen MR) is 60.0 cm³/mol. The van der Waals surface area contributed by atoms with Crippen LogP contribution in [0.5, 0.6) is 5.75 Å². The molecule has 0 heterocycles. The van der Waals surface area contributed by atoms with Crippen LogP contribution in [0.15, 0.2) is 41.7 Å². The maximum absolute atomic E-state index is 5.73. The number of benzene rings is 1. The van der Waals surface area contributed by atoms with E-state index in [4.69, 9.17) is 16.3 Å². The topological polar surface area (TPSA) is 21.6 Å². The van der Waals surface area contributed by atoms with Crippen LogP contribution in [-0.4, -0.2) is 5.71 Å². The lowest BCUT2D eigenvalue weighted by molar-refractivity contribution is 0.423. The fraction of sp³-hybridized carbons (Fsp3) is 0.182. The molecule has 0 unspecified atom stereocenters. The predicted octanol–water partition coefficient (Wildman–Crippen LogP) is 3.67. The summed E-state index contributed by atoms with van der Waals surface area (Å²) in [5.74, 6) is 1.07. The number of nitrogens with zero attached hydrogens (tertiary/aromatic N) is 1. The molecule has 0 aliphatic heterocycles. The van der Waals surface area contributed by atoms with Crippen molar-refractivity contribution >= 4 is 17.3 Å². The van der Waals surface area contributed by atoms with E-state index in [1.54, 1.807) is 24.3 Å². The Balaban J connectivity index is 2.66. The quantitative estimate of drug-likeness (QED) is 0.550. The van der Waals surface area contributed by atoms with Gasteiger partial charge in [-0.1, -0.05) is 11.6 Å². The molecule has 0 radical (unpaired) electrons. The molecule has 0 aliphatic rings. The van der Waals surface area contributed by atoms with E-state index in [0.29, 0.717) is 16.7 Å². The van der Waals surface area contributed by atoms with E-state index in [2.05, 4.69) is 11.6 Å². The van der Waals surface area contributed by atoms with E-state index in [0.717, 1.165) is 5.71 Å². The summed E-state index contributed by atoms with van der Waals surface area (Å²) in [7, 11) is 0. The lowest BCUT2D eigenvalue weighted by Gasteiger charge is -2.04. The van der Waals surface area contributed by atoms with E-state index in [1.807, 2.05) is 13.8 Å². The fourth-order valence-electron chi connectivity index (χ4n) is 0.911. The Morgan fingerprint density at radius 2 is 1.86 bits per heavy atom. The van der Waals surface area contributed by atoms with Gasteiger partial charge >= 0.3 is 0 Å². The molecule has 0 aliphatic carbocycles. The zero-order valence-corrected chi connectivity index (χ0v) is 9.01. The molecule has 0 spiro atoms. The summed E-state index contributed by atoms with van der Waals surface area (Å²) >= 11 is 5.73. The Labute approximate surface area is 88.9 Å². The molecule has 2 nitrogen and oxygen atoms in total. The van der Waals surface area contributed by atoms with Gasteiger partial charge in [-0.05, 0) is 44.7 Å². The minimum atomic E-state index is 0.382. The van der Waals surface area contributed by atoms with Crippen LogP contribution in [0.3, 0.4) is 0 Å². The number of halogens is 1. The molecule has 3 heteroatoms. The average Bonchev–Trinajstić information content (AvgIpc) is 2.07. The summed E-state index contributed by atoms with van der Waals surface area (Å²) < 4.78 is 5.34. The highest BCUT2D eigenvalue weighted by Gasteiger charge is 1.95. The standard InChI is InChI=1S/C11H12ClNO/c1-8(2)13-9(3)14-11-6-4-10(12)5-7-11/h4-7H,3H2,1-2H3. The minimum absolute atomic E-state index is 0.382. The molecule has 0 aromatic heterocycles. The first-order valence-corrected chi connectivity index (χ1v) is 4.60. The van der Waals surface area contributed by atoms with Crippen molar-refractivity contribution < 1.29 is 4.74 Å². The smallest absolute Gasteiger partial charge is 0.211 e. The van der Waals surface area contributed by atoms with Gasteiger partial charge in [0.1, 0.15) is 5.75 Å². The number of hydrogen-bond acceptors (Lipinski definition) is 2. The number of ether oxygens (including phenoxy) is 1. The molecule has 1 aromatic carbocycles. The summed E-state index contributed by atoms with van der Waals surface area (Å²) in [6.45, 7) is 7.44. The molecular formula is C11H12ClNO. The van der Waals surface area contributed by atoms with Crippen LogP contribution in [-0.2, 0) is 0 Å². The summed E-state index contributed by atoms with van der Waals surface area (Å²) in [5, 5.41) is 0.679. The molecule has 0 saturated carbocycles. The maximum Gasteiger partial charge on any atom is 0.211 e. The average molecular weight is 210 g/mol. The van der Waals surface area contributed by atoms with Gasteiger partial charge in [-0.25, -0.2) is 4.99 Å². The van der Waals surface area contributed by atoms with Gasteiger partial charge in [-0.15, -0.1) is 0 Å². The first-order valence-electron chi connectivity index (χ1n) is 4.22. The van der Waals surface area contributed by atoms with Crippen LogP contribution in [0, 0.1) is 0 Å². The molecule has 74 valence electrons. The first kappa shape index (κ1) is 10.8. The van der Waals surface area contributed by atoms with Crippen LogP contribution in [0.25, 0.3) is 0 Å². The van der Waals surface area contributed by atoms with E-state index < -0.39 is 0 Å². The second-order valence-electron chi connectivity index (χ2n) is 3.01. The Morgan fingerprint density at radius 3 is 2.36 bits per heavy atom. The van der Waals surface area contributed by atoms with Crippen molar-refractivity contribution in [2.24, 2.45) is 4.99 Å². The van der Waals surface area contributed by atoms with Gasteiger partial charge in [0.15, 0.2) is 0 Å². The van der Waals surface area contributed by atoms with E-state index in [1.165, 1.54) is 0 Å². The number of hydrogen-bond donors (Lipinski definition) is 0. The second kappa shape index (κ2) is 4.82. The van der Waals surface area contributed by atoms with Crippen molar-refractivity contribution in [2.45, 2.75) is 13.8 Å². The van der Waals surface area contributed by atoms with E-state index >= 15 is 0 Å². The zero-order chi connectivity index (χ0) is 10.6. The second-order valence-corrected chi connectivity index (χ2v) is 3.45. The summed E-state index contributed by atoms with van der Waals surface area (Å²) in [5.41, 5.74) is 0.906. The van der Waals surface area contributed by atoms with Gasteiger partial charge in [0.05, 0.1) is 0 Å². The van der Waals surface area contributed by atoms with Gasteiger partial charge in [0.25, 0.3) is 0 Å². The van der Waals surface area contributed by atoms with Crippen molar-refractivity contribution in [3.63, 3.8) is 0 Å². The molecule has 0 fully saturated rings. The zero-order valence-electron chi connectivity index (χ0n) is 8.25. The van der Waals surface area contributed by atoms with Gasteiger partial charge in [0.2, 0.25) is 5.88 Å². The highest BCUT2D eigenvalue weighted by atomic mass is 35.5. The molecule has 14 heavy (non-hydrogen) atoms. The van der Waals surface area contributed by atoms with E-state index in [9.17, 15) is 0 Å². The van der Waals surface area contributed by atoms with Gasteiger partial charge < -0.3 is 4.74 Å². The first-order chi connectivity index (χ1) is 6.58. The normalized spacial score (nSPS) is 9.36. The Kier molecular flexibility index (Phi) is 3.72. The maximum atomic E-state index is 5.73. The summed E-state index contributed by atoms with van der Waals surface area (Å²) in [6, 6.07) is 7.06. The molecular weight excluding hydrogens is 198 g/mol. The van der Waals surface area contributed by atoms with Crippen molar-refractivity contribution in [1.82, 2.24) is 0 Å². The Hall–Kier alpha value is -1.28. The van der Waals surface area contributed by atoms with Crippen LogP contribution in [0.1, 0.15) is 13.8 Å². The summed E-state index contributed by atoms with van der Waals surface area (Å²) in [4.78, 5) is 4.06. The molecule has 0 saturated heterocycles. The van der Waals surface area contributed by atoms with Crippen LogP contribution < -0.4 is 4.74 Å². The van der Waals surface area contributed by atoms with Gasteiger partial charge in [0, 0.05) is 10.7 Å². The minimum Gasteiger partial charge on any atom is -0.440 e. The van der Waals surface area contributed by atoms with Crippen molar-refractivity contribution in [3.05, 3.63) is 41.8 Å². The van der Waals surface area contributed by atoms with Crippen LogP contribution in [0.4, 0.5) is 0 Å². The van der Waals surface area contributed by atoms with Gasteiger partial charge in [-0.2, -0.15) is 0 Å². The van der Waals surface area contributed by atoms with E-state index in [-0.39, 0.29) is 0 Å². The Morgan fingerprint density at radius 1 is 1.29 bits per heavy atom. The largest absolute Gasteiger partial charge is 0.440 e. The fourth-order valence-corrected chi connectivity index (χ4v) is 1.04. The molecule has 1 rings (SSSR count). The molecule has 1 aromatic rings. The van der Waals surface area contributed by atoms with Crippen LogP contribution >= 0.6 is 11.6 Å². The molecule has 0 bridgehead atoms. The molecule has 0 N–H and O–H groups in total. The SMILES string of the molecule is C=C(N=C(C)C)Oc1ccc(Cl)cc1. The lowest BCUT2D eigenvalue weighted by atomic mass is 10.3. The third-order valence-electron chi connectivity index (χ3n) is 1.40. The highest BCUT2D eigenvalue weighted by Crippen LogP contribution is 2.17. The number of aliphatic imine (C=N–C) groups is 1. The van der Waals surface area contributed by atoms with Crippen molar-refractivity contribution in [3.8, 4) is 5.75 Å². The monoisotopic (exact) mass is 209 g/mol. The molecule has 0 amide bonds. The van der Waals surface area contributed by atoms with Crippen LogP contribution in [0.2, 0.25) is 5.02 Å². The third kappa shape index (κ3) is 3.62. The van der Waals surface area contributed by atoms with Crippen molar-refractivity contribution in [2.75, 3.05) is 0 Å². The molecule has 0 atom stereocenters. The summed E-state index contributed by atoms with van der Waals surface area (Å²) in [6.07, 6.45) is 0.